The molecule has 2 aromatic carbocycles. The van der Waals surface area contributed by atoms with E-state index >= 15 is 0 Å². The van der Waals surface area contributed by atoms with Gasteiger partial charge in [0.25, 0.3) is 0 Å². The lowest BCUT2D eigenvalue weighted by atomic mass is 9.94. The third kappa shape index (κ3) is 4.16. The zero-order chi connectivity index (χ0) is 22.7. The van der Waals surface area contributed by atoms with Gasteiger partial charge in [0, 0.05) is 11.4 Å². The van der Waals surface area contributed by atoms with E-state index in [1.807, 2.05) is 43.0 Å². The Morgan fingerprint density at radius 3 is 2.03 bits per heavy atom. The maximum atomic E-state index is 12.9. The summed E-state index contributed by atoms with van der Waals surface area (Å²) in [6, 6.07) is 10.9. The number of carbonyl (C=O) groups excluding carboxylic acids is 1. The zero-order valence-electron chi connectivity index (χ0n) is 18.4. The summed E-state index contributed by atoms with van der Waals surface area (Å²) in [6.45, 7) is 3.86. The summed E-state index contributed by atoms with van der Waals surface area (Å²) in [5.74, 6) is 0.969. The number of esters is 1. The molecule has 8 heteroatoms. The molecule has 164 valence electrons. The summed E-state index contributed by atoms with van der Waals surface area (Å²) in [5, 5.41) is 3.74. The van der Waals surface area contributed by atoms with Gasteiger partial charge in [0.1, 0.15) is 0 Å². The van der Waals surface area contributed by atoms with Crippen molar-refractivity contribution in [3.05, 3.63) is 58.8 Å². The minimum Gasteiger partial charge on any atom is -0.493 e. The summed E-state index contributed by atoms with van der Waals surface area (Å²) >= 11 is 5.68. The zero-order valence-corrected chi connectivity index (χ0v) is 19.3. The first-order chi connectivity index (χ1) is 14.9. The molecule has 1 unspecified atom stereocenters. The predicted octanol–water partition coefficient (Wildman–Crippen LogP) is 3.90. The van der Waals surface area contributed by atoms with Gasteiger partial charge in [0.2, 0.25) is 5.75 Å². The van der Waals surface area contributed by atoms with Crippen molar-refractivity contribution in [2.75, 3.05) is 33.3 Å². The van der Waals surface area contributed by atoms with E-state index in [1.54, 1.807) is 26.4 Å². The highest BCUT2D eigenvalue weighted by Crippen LogP contribution is 2.42. The molecular formula is C23H26N2O5S. The van der Waals surface area contributed by atoms with Crippen LogP contribution in [0.4, 0.5) is 5.69 Å². The van der Waals surface area contributed by atoms with Crippen molar-refractivity contribution in [3.8, 4) is 17.2 Å². The van der Waals surface area contributed by atoms with Gasteiger partial charge in [-0.2, -0.15) is 0 Å². The van der Waals surface area contributed by atoms with Crippen LogP contribution in [0.2, 0.25) is 0 Å². The number of hydrogen-bond acceptors (Lipinski definition) is 6. The largest absolute Gasteiger partial charge is 0.493 e. The van der Waals surface area contributed by atoms with Crippen LogP contribution in [-0.4, -0.2) is 39.5 Å². The predicted molar refractivity (Wildman–Crippen MR) is 123 cm³/mol. The van der Waals surface area contributed by atoms with Crippen LogP contribution in [0, 0.1) is 6.92 Å². The lowest BCUT2D eigenvalue weighted by Crippen LogP contribution is -2.48. The Bertz CT molecular complexity index is 1010. The number of aryl methyl sites for hydroxylation is 1. The second kappa shape index (κ2) is 9.26. The van der Waals surface area contributed by atoms with E-state index in [0.717, 1.165) is 16.8 Å². The molecular weight excluding hydrogens is 416 g/mol. The van der Waals surface area contributed by atoms with Crippen molar-refractivity contribution in [2.45, 2.75) is 19.9 Å². The molecule has 1 atom stereocenters. The average molecular weight is 443 g/mol. The Morgan fingerprint density at radius 1 is 0.968 bits per heavy atom. The van der Waals surface area contributed by atoms with E-state index in [0.29, 0.717) is 33.6 Å². The maximum Gasteiger partial charge on any atom is 0.337 e. The summed E-state index contributed by atoms with van der Waals surface area (Å²) in [7, 11) is 5.98. The average Bonchev–Trinajstić information content (AvgIpc) is 2.78. The van der Waals surface area contributed by atoms with Gasteiger partial charge in [-0.3, -0.25) is 4.90 Å². The molecule has 0 fully saturated rings. The molecule has 3 rings (SSSR count). The van der Waals surface area contributed by atoms with Crippen LogP contribution in [0.3, 0.4) is 0 Å². The molecule has 1 aliphatic rings. The molecule has 0 bridgehead atoms. The summed E-state index contributed by atoms with van der Waals surface area (Å²) in [5.41, 5.74) is 3.82. The van der Waals surface area contributed by atoms with Crippen molar-refractivity contribution in [1.29, 1.82) is 0 Å². The van der Waals surface area contributed by atoms with E-state index in [9.17, 15) is 4.79 Å². The van der Waals surface area contributed by atoms with Gasteiger partial charge in [-0.1, -0.05) is 17.7 Å². The standard InChI is InChI=1S/C23H26N2O5S/c1-13-7-9-16(10-8-13)25-14(2)19(22(26)30-6)20(24-23(25)31)15-11-17(27-3)21(29-5)18(12-15)28-4/h7-12,20H,1-6H3,(H,24,31). The van der Waals surface area contributed by atoms with Crippen LogP contribution in [-0.2, 0) is 9.53 Å². The monoisotopic (exact) mass is 442 g/mol. The fourth-order valence-corrected chi connectivity index (χ4v) is 4.00. The van der Waals surface area contributed by atoms with Crippen LogP contribution in [0.25, 0.3) is 0 Å². The topological polar surface area (TPSA) is 69.3 Å². The third-order valence-corrected chi connectivity index (χ3v) is 5.50. The molecule has 0 radical (unpaired) electrons. The molecule has 0 aromatic heterocycles. The molecule has 0 spiro atoms. The van der Waals surface area contributed by atoms with Crippen molar-refractivity contribution in [1.82, 2.24) is 5.32 Å². The van der Waals surface area contributed by atoms with Crippen LogP contribution in [0.1, 0.15) is 24.1 Å². The highest BCUT2D eigenvalue weighted by atomic mass is 32.1. The number of rotatable bonds is 6. The first-order valence-corrected chi connectivity index (χ1v) is 10.0. The Hall–Kier alpha value is -3.26. The molecule has 7 nitrogen and oxygen atoms in total. The van der Waals surface area contributed by atoms with E-state index in [2.05, 4.69) is 5.32 Å². The second-order valence-corrected chi connectivity index (χ2v) is 7.39. The number of anilines is 1. The number of carbonyl (C=O) groups is 1. The number of benzene rings is 2. The second-order valence-electron chi connectivity index (χ2n) is 7.00. The van der Waals surface area contributed by atoms with Crippen LogP contribution in [0.15, 0.2) is 47.7 Å². The molecule has 2 aromatic rings. The number of ether oxygens (including phenoxy) is 4. The smallest absolute Gasteiger partial charge is 0.337 e. The Morgan fingerprint density at radius 2 is 1.55 bits per heavy atom. The van der Waals surface area contributed by atoms with Crippen LogP contribution < -0.4 is 24.4 Å². The van der Waals surface area contributed by atoms with Gasteiger partial charge in [0.15, 0.2) is 16.6 Å². The number of hydrogen-bond donors (Lipinski definition) is 1. The van der Waals surface area contributed by atoms with Crippen molar-refractivity contribution < 1.29 is 23.7 Å². The van der Waals surface area contributed by atoms with Gasteiger partial charge in [-0.15, -0.1) is 0 Å². The van der Waals surface area contributed by atoms with Gasteiger partial charge in [-0.25, -0.2) is 4.79 Å². The molecule has 0 aliphatic carbocycles. The number of allylic oxidation sites excluding steroid dienone is 1. The third-order valence-electron chi connectivity index (χ3n) is 5.20. The SMILES string of the molecule is COC(=O)C1=C(C)N(c2ccc(C)cc2)C(=S)NC1c1cc(OC)c(OC)c(OC)c1. The summed E-state index contributed by atoms with van der Waals surface area (Å²) in [6.07, 6.45) is 0. The van der Waals surface area contributed by atoms with E-state index < -0.39 is 12.0 Å². The highest BCUT2D eigenvalue weighted by Gasteiger charge is 2.36. The lowest BCUT2D eigenvalue weighted by Gasteiger charge is -2.37. The molecule has 0 saturated carbocycles. The van der Waals surface area contributed by atoms with Gasteiger partial charge < -0.3 is 24.3 Å². The minimum absolute atomic E-state index is 0.436. The Labute approximate surface area is 187 Å². The molecule has 1 heterocycles. The molecule has 1 aliphatic heterocycles. The quantitative estimate of drug-likeness (QED) is 0.534. The molecule has 0 amide bonds. The fraction of sp³-hybridized carbons (Fsp3) is 0.304. The summed E-state index contributed by atoms with van der Waals surface area (Å²) < 4.78 is 21.5. The van der Waals surface area contributed by atoms with Gasteiger partial charge in [-0.05, 0) is 55.9 Å². The van der Waals surface area contributed by atoms with Gasteiger partial charge >= 0.3 is 5.97 Å². The van der Waals surface area contributed by atoms with E-state index in [4.69, 9.17) is 31.2 Å². The Balaban J connectivity index is 2.18. The van der Waals surface area contributed by atoms with Crippen molar-refractivity contribution in [3.63, 3.8) is 0 Å². The fourth-order valence-electron chi connectivity index (χ4n) is 3.64. The van der Waals surface area contributed by atoms with Crippen LogP contribution >= 0.6 is 12.2 Å². The molecule has 1 N–H and O–H groups in total. The van der Waals surface area contributed by atoms with E-state index in [-0.39, 0.29) is 0 Å². The Kier molecular flexibility index (Phi) is 6.70. The maximum absolute atomic E-state index is 12.9. The lowest BCUT2D eigenvalue weighted by molar-refractivity contribution is -0.136. The number of thiocarbonyl (C=S) groups is 1. The van der Waals surface area contributed by atoms with Gasteiger partial charge in [0.05, 0.1) is 40.1 Å². The van der Waals surface area contributed by atoms with E-state index in [1.165, 1.54) is 14.2 Å². The highest BCUT2D eigenvalue weighted by molar-refractivity contribution is 7.80. The number of nitrogens with zero attached hydrogens (tertiary/aromatic N) is 1. The minimum atomic E-state index is -0.560. The first-order valence-electron chi connectivity index (χ1n) is 9.62. The molecule has 0 saturated heterocycles. The van der Waals surface area contributed by atoms with Crippen LogP contribution in [0.5, 0.6) is 17.2 Å². The first kappa shape index (κ1) is 22.4. The summed E-state index contributed by atoms with van der Waals surface area (Å²) in [4.78, 5) is 14.7. The normalized spacial score (nSPS) is 16.0. The van der Waals surface area contributed by atoms with Crippen molar-refractivity contribution >= 4 is 29.0 Å². The molecule has 31 heavy (non-hydrogen) atoms. The van der Waals surface area contributed by atoms with Crippen molar-refractivity contribution in [2.24, 2.45) is 0 Å². The number of methoxy groups -OCH3 is 4. The number of nitrogens with one attached hydrogen (secondary N) is 1.